The van der Waals surface area contributed by atoms with E-state index in [1.165, 1.54) is 26.4 Å². The summed E-state index contributed by atoms with van der Waals surface area (Å²) in [6.45, 7) is 4.05. The van der Waals surface area contributed by atoms with Crippen LogP contribution in [0.3, 0.4) is 0 Å². The van der Waals surface area contributed by atoms with Crippen molar-refractivity contribution in [2.24, 2.45) is 0 Å². The summed E-state index contributed by atoms with van der Waals surface area (Å²) in [6.07, 6.45) is -5.46. The molecular formula is C24H29FO12. The normalized spacial score (nSPS) is 23.1. The van der Waals surface area contributed by atoms with E-state index in [9.17, 15) is 23.6 Å². The van der Waals surface area contributed by atoms with Crippen LogP contribution < -0.4 is 14.2 Å². The van der Waals surface area contributed by atoms with E-state index in [1.54, 1.807) is 0 Å². The Morgan fingerprint density at radius 1 is 0.838 bits per heavy atom. The zero-order valence-corrected chi connectivity index (χ0v) is 21.2. The molecule has 0 bridgehead atoms. The minimum atomic E-state index is -1.51. The predicted octanol–water partition coefficient (Wildman–Crippen LogP) is 2.11. The van der Waals surface area contributed by atoms with Gasteiger partial charge in [0, 0.05) is 27.7 Å². The van der Waals surface area contributed by atoms with Gasteiger partial charge in [-0.15, -0.1) is 0 Å². The van der Waals surface area contributed by atoms with Gasteiger partial charge in [-0.1, -0.05) is 0 Å². The summed E-state index contributed by atoms with van der Waals surface area (Å²) in [5.41, 5.74) is 0.380. The molecule has 0 unspecified atom stereocenters. The third kappa shape index (κ3) is 8.07. The molecule has 1 heterocycles. The first-order chi connectivity index (χ1) is 17.5. The number of carbonyl (C=O) groups is 4. The summed E-state index contributed by atoms with van der Waals surface area (Å²) in [7, 11) is 2.66. The van der Waals surface area contributed by atoms with Gasteiger partial charge in [0.05, 0.1) is 20.5 Å². The third-order valence-electron chi connectivity index (χ3n) is 4.92. The Bertz CT molecular complexity index is 998. The van der Waals surface area contributed by atoms with Crippen molar-refractivity contribution in [3.05, 3.63) is 24.0 Å². The molecule has 13 heteroatoms. The monoisotopic (exact) mass is 528 g/mol. The second-order valence-corrected chi connectivity index (χ2v) is 7.73. The summed E-state index contributed by atoms with van der Waals surface area (Å²) in [4.78, 5) is 47.3. The smallest absolute Gasteiger partial charge is 0.303 e. The van der Waals surface area contributed by atoms with Crippen LogP contribution in [0.2, 0.25) is 0 Å². The highest BCUT2D eigenvalue weighted by Gasteiger charge is 2.53. The average molecular weight is 528 g/mol. The van der Waals surface area contributed by atoms with Crippen molar-refractivity contribution < 1.29 is 61.5 Å². The highest BCUT2D eigenvalue weighted by atomic mass is 19.1. The van der Waals surface area contributed by atoms with Crippen molar-refractivity contribution in [2.75, 3.05) is 20.8 Å². The quantitative estimate of drug-likeness (QED) is 0.324. The molecule has 1 saturated heterocycles. The zero-order valence-electron chi connectivity index (χ0n) is 21.2. The van der Waals surface area contributed by atoms with Crippen LogP contribution >= 0.6 is 0 Å². The molecule has 2 rings (SSSR count). The Morgan fingerprint density at radius 3 is 1.81 bits per heavy atom. The van der Waals surface area contributed by atoms with E-state index in [4.69, 9.17) is 37.9 Å². The minimum absolute atomic E-state index is 0.0260. The SMILES string of the molecule is COc1cc(/C=C/F)cc(OC)c1O[C@@H]1O[C@H](COC(C)=O)[C@@H](OC(C)=O)[C@H](OC(C)=O)[C@H]1OC(C)=O. The second kappa shape index (κ2) is 13.4. The number of halogens is 1. The van der Waals surface area contributed by atoms with Gasteiger partial charge in [-0.3, -0.25) is 19.2 Å². The Morgan fingerprint density at radius 2 is 1.35 bits per heavy atom. The van der Waals surface area contributed by atoms with Gasteiger partial charge in [0.25, 0.3) is 0 Å². The molecule has 1 aliphatic heterocycles. The highest BCUT2D eigenvalue weighted by Crippen LogP contribution is 2.41. The Kier molecular flexibility index (Phi) is 10.7. The number of esters is 4. The van der Waals surface area contributed by atoms with Crippen LogP contribution in [0.4, 0.5) is 4.39 Å². The van der Waals surface area contributed by atoms with E-state index in [2.05, 4.69) is 0 Å². The Hall–Kier alpha value is -3.87. The molecule has 1 aliphatic rings. The molecule has 12 nitrogen and oxygen atoms in total. The van der Waals surface area contributed by atoms with Crippen LogP contribution in [0, 0.1) is 0 Å². The molecule has 0 amide bonds. The lowest BCUT2D eigenvalue weighted by Gasteiger charge is -2.44. The fourth-order valence-electron chi connectivity index (χ4n) is 3.59. The summed E-state index contributed by atoms with van der Waals surface area (Å²) in [5, 5.41) is 0. The van der Waals surface area contributed by atoms with E-state index < -0.39 is 61.2 Å². The largest absolute Gasteiger partial charge is 0.493 e. The molecular weight excluding hydrogens is 499 g/mol. The lowest BCUT2D eigenvalue weighted by atomic mass is 9.98. The van der Waals surface area contributed by atoms with Crippen molar-refractivity contribution in [1.82, 2.24) is 0 Å². The number of benzene rings is 1. The average Bonchev–Trinajstić information content (AvgIpc) is 2.81. The number of hydrogen-bond donors (Lipinski definition) is 0. The van der Waals surface area contributed by atoms with Gasteiger partial charge < -0.3 is 37.9 Å². The maximum Gasteiger partial charge on any atom is 0.303 e. The fourth-order valence-corrected chi connectivity index (χ4v) is 3.59. The van der Waals surface area contributed by atoms with E-state index >= 15 is 0 Å². The van der Waals surface area contributed by atoms with E-state index in [-0.39, 0.29) is 17.2 Å². The van der Waals surface area contributed by atoms with Gasteiger partial charge in [0.2, 0.25) is 18.1 Å². The van der Waals surface area contributed by atoms with Gasteiger partial charge in [-0.05, 0) is 23.8 Å². The van der Waals surface area contributed by atoms with Crippen molar-refractivity contribution in [3.8, 4) is 17.2 Å². The van der Waals surface area contributed by atoms with Crippen LogP contribution in [0.15, 0.2) is 18.5 Å². The molecule has 0 N–H and O–H groups in total. The predicted molar refractivity (Wildman–Crippen MR) is 122 cm³/mol. The number of rotatable bonds is 10. The Labute approximate surface area is 212 Å². The van der Waals surface area contributed by atoms with Crippen LogP contribution in [-0.4, -0.2) is 75.4 Å². The standard InChI is InChI=1S/C24H29FO12/c1-12(26)32-11-19-21(33-13(2)27)22(34-14(3)28)23(35-15(4)29)24(36-19)37-20-17(30-5)9-16(7-8-25)10-18(20)31-6/h7-10,19,21-24H,11H2,1-6H3/b8-7+/t19-,21-,22+,23-,24+/m1/s1. The van der Waals surface area contributed by atoms with E-state index in [0.29, 0.717) is 11.9 Å². The summed E-state index contributed by atoms with van der Waals surface area (Å²) < 4.78 is 56.5. The zero-order chi connectivity index (χ0) is 27.7. The van der Waals surface area contributed by atoms with Crippen molar-refractivity contribution >= 4 is 30.0 Å². The molecule has 0 aromatic heterocycles. The molecule has 0 spiro atoms. The summed E-state index contributed by atoms with van der Waals surface area (Å²) in [5.74, 6) is -2.83. The fraction of sp³-hybridized carbons (Fsp3) is 0.500. The van der Waals surface area contributed by atoms with Gasteiger partial charge in [-0.25, -0.2) is 4.39 Å². The van der Waals surface area contributed by atoms with Crippen LogP contribution in [0.5, 0.6) is 17.2 Å². The third-order valence-corrected chi connectivity index (χ3v) is 4.92. The first-order valence-corrected chi connectivity index (χ1v) is 11.0. The van der Waals surface area contributed by atoms with Crippen LogP contribution in [0.1, 0.15) is 33.3 Å². The van der Waals surface area contributed by atoms with E-state index in [1.807, 2.05) is 0 Å². The first-order valence-electron chi connectivity index (χ1n) is 11.0. The molecule has 5 atom stereocenters. The van der Waals surface area contributed by atoms with Crippen molar-refractivity contribution in [1.29, 1.82) is 0 Å². The number of methoxy groups -OCH3 is 2. The lowest BCUT2D eigenvalue weighted by molar-refractivity contribution is -0.288. The number of carbonyl (C=O) groups excluding carboxylic acids is 4. The van der Waals surface area contributed by atoms with Crippen LogP contribution in [0.25, 0.3) is 6.08 Å². The maximum atomic E-state index is 12.8. The summed E-state index contributed by atoms with van der Waals surface area (Å²) >= 11 is 0. The van der Waals surface area contributed by atoms with Crippen molar-refractivity contribution in [2.45, 2.75) is 58.4 Å². The second-order valence-electron chi connectivity index (χ2n) is 7.73. The summed E-state index contributed by atoms with van der Waals surface area (Å²) in [6, 6.07) is 2.89. The Balaban J connectivity index is 2.61. The number of ether oxygens (including phenoxy) is 8. The molecule has 204 valence electrons. The lowest BCUT2D eigenvalue weighted by Crippen LogP contribution is -2.63. The number of hydrogen-bond acceptors (Lipinski definition) is 12. The highest BCUT2D eigenvalue weighted by molar-refractivity contribution is 5.69. The molecule has 37 heavy (non-hydrogen) atoms. The van der Waals surface area contributed by atoms with Gasteiger partial charge >= 0.3 is 23.9 Å². The molecule has 0 radical (unpaired) electrons. The van der Waals surface area contributed by atoms with Crippen LogP contribution in [-0.2, 0) is 42.9 Å². The molecule has 1 aromatic carbocycles. The maximum absolute atomic E-state index is 12.8. The van der Waals surface area contributed by atoms with E-state index in [0.717, 1.165) is 33.8 Å². The minimum Gasteiger partial charge on any atom is -0.493 e. The first kappa shape index (κ1) is 29.4. The molecule has 1 fully saturated rings. The topological polar surface area (TPSA) is 142 Å². The van der Waals surface area contributed by atoms with Gasteiger partial charge in [-0.2, -0.15) is 0 Å². The molecule has 1 aromatic rings. The molecule has 0 saturated carbocycles. The van der Waals surface area contributed by atoms with Gasteiger partial charge in [0.15, 0.2) is 23.7 Å². The van der Waals surface area contributed by atoms with Crippen molar-refractivity contribution in [3.63, 3.8) is 0 Å². The van der Waals surface area contributed by atoms with Gasteiger partial charge in [0.1, 0.15) is 12.7 Å². The molecule has 0 aliphatic carbocycles.